The third kappa shape index (κ3) is 4.86. The fourth-order valence-corrected chi connectivity index (χ4v) is 3.08. The molecule has 0 aliphatic heterocycles. The van der Waals surface area contributed by atoms with Gasteiger partial charge in [0.1, 0.15) is 5.82 Å². The Morgan fingerprint density at radius 3 is 2.48 bits per heavy atom. The Balaban J connectivity index is 1.94. The zero-order chi connectivity index (χ0) is 16.9. The first kappa shape index (κ1) is 17.6. The lowest BCUT2D eigenvalue weighted by Crippen LogP contribution is -2.21. The highest BCUT2D eigenvalue weighted by molar-refractivity contribution is 7.89. The summed E-state index contributed by atoms with van der Waals surface area (Å²) in [4.78, 5) is 0.255. The van der Waals surface area contributed by atoms with Crippen LogP contribution in [0.15, 0.2) is 53.4 Å². The van der Waals surface area contributed by atoms with E-state index in [1.54, 1.807) is 30.3 Å². The molecular formula is C17H21FN2O2S. The molecule has 0 fully saturated rings. The van der Waals surface area contributed by atoms with Gasteiger partial charge in [0, 0.05) is 13.1 Å². The van der Waals surface area contributed by atoms with Gasteiger partial charge < -0.3 is 5.32 Å². The molecule has 0 aliphatic carbocycles. The third-order valence-corrected chi connectivity index (χ3v) is 5.11. The van der Waals surface area contributed by atoms with Crippen molar-refractivity contribution < 1.29 is 12.8 Å². The number of sulfonamides is 1. The van der Waals surface area contributed by atoms with Gasteiger partial charge in [-0.05, 0) is 48.4 Å². The number of nitrogens with one attached hydrogen (secondary N) is 2. The topological polar surface area (TPSA) is 58.2 Å². The fraction of sp³-hybridized carbons (Fsp3) is 0.294. The van der Waals surface area contributed by atoms with Crippen molar-refractivity contribution in [1.82, 2.24) is 10.0 Å². The predicted octanol–water partition coefficient (Wildman–Crippen LogP) is 2.63. The monoisotopic (exact) mass is 336 g/mol. The van der Waals surface area contributed by atoms with E-state index in [-0.39, 0.29) is 16.6 Å². The van der Waals surface area contributed by atoms with Gasteiger partial charge >= 0.3 is 0 Å². The van der Waals surface area contributed by atoms with Crippen LogP contribution in [0.4, 0.5) is 4.39 Å². The summed E-state index contributed by atoms with van der Waals surface area (Å²) >= 11 is 0. The maximum absolute atomic E-state index is 12.9. The van der Waals surface area contributed by atoms with E-state index in [0.29, 0.717) is 13.1 Å². The molecule has 0 unspecified atom stereocenters. The van der Waals surface area contributed by atoms with Gasteiger partial charge in [-0.15, -0.1) is 0 Å². The zero-order valence-corrected chi connectivity index (χ0v) is 14.0. The van der Waals surface area contributed by atoms with Crippen LogP contribution in [0.5, 0.6) is 0 Å². The normalized spacial score (nSPS) is 13.0. The lowest BCUT2D eigenvalue weighted by molar-refractivity contribution is 0.587. The molecule has 0 bridgehead atoms. The molecule has 2 N–H and O–H groups in total. The highest BCUT2D eigenvalue weighted by atomic mass is 32.2. The number of benzene rings is 2. The van der Waals surface area contributed by atoms with E-state index < -0.39 is 10.0 Å². The minimum Gasteiger partial charge on any atom is -0.312 e. The first-order chi connectivity index (χ1) is 10.9. The largest absolute Gasteiger partial charge is 0.312 e. The molecule has 0 amide bonds. The molecule has 0 saturated carbocycles. The molecule has 0 spiro atoms. The molecule has 124 valence electrons. The molecule has 6 heteroatoms. The van der Waals surface area contributed by atoms with E-state index in [2.05, 4.69) is 17.0 Å². The molecule has 23 heavy (non-hydrogen) atoms. The van der Waals surface area contributed by atoms with Gasteiger partial charge in [0.05, 0.1) is 4.90 Å². The molecular weight excluding hydrogens is 315 g/mol. The van der Waals surface area contributed by atoms with E-state index in [1.165, 1.54) is 19.2 Å². The number of rotatable bonds is 7. The van der Waals surface area contributed by atoms with Crippen LogP contribution >= 0.6 is 0 Å². The van der Waals surface area contributed by atoms with E-state index in [9.17, 15) is 12.8 Å². The lowest BCUT2D eigenvalue weighted by Gasteiger charge is -2.13. The predicted molar refractivity (Wildman–Crippen MR) is 89.2 cm³/mol. The average Bonchev–Trinajstić information content (AvgIpc) is 2.55. The Bertz CT molecular complexity index is 745. The van der Waals surface area contributed by atoms with E-state index in [1.807, 2.05) is 6.07 Å². The maximum Gasteiger partial charge on any atom is 0.240 e. The smallest absolute Gasteiger partial charge is 0.240 e. The summed E-state index contributed by atoms with van der Waals surface area (Å²) in [6.45, 7) is 3.34. The highest BCUT2D eigenvalue weighted by Gasteiger charge is 2.11. The Kier molecular flexibility index (Phi) is 5.87. The van der Waals surface area contributed by atoms with Crippen molar-refractivity contribution in [2.24, 2.45) is 0 Å². The molecule has 0 heterocycles. The summed E-state index contributed by atoms with van der Waals surface area (Å²) < 4.78 is 38.8. The van der Waals surface area contributed by atoms with Crippen LogP contribution in [0.3, 0.4) is 0 Å². The van der Waals surface area contributed by atoms with E-state index in [0.717, 1.165) is 11.1 Å². The molecule has 0 aromatic heterocycles. The molecule has 1 atom stereocenters. The van der Waals surface area contributed by atoms with Crippen LogP contribution in [-0.4, -0.2) is 22.0 Å². The summed E-state index contributed by atoms with van der Waals surface area (Å²) in [5, 5.41) is 3.30. The minimum atomic E-state index is -3.42. The Hall–Kier alpha value is -1.76. The zero-order valence-electron chi connectivity index (χ0n) is 13.2. The SMILES string of the molecule is CNS(=O)(=O)c1cccc(CNC[C@@H](C)c2ccc(F)cc2)c1. The quantitative estimate of drug-likeness (QED) is 0.817. The van der Waals surface area contributed by atoms with Crippen molar-refractivity contribution in [3.05, 3.63) is 65.5 Å². The van der Waals surface area contributed by atoms with Crippen LogP contribution in [0.2, 0.25) is 0 Å². The Labute approximate surface area is 136 Å². The summed E-state index contributed by atoms with van der Waals surface area (Å²) in [6, 6.07) is 13.3. The number of hydrogen-bond donors (Lipinski definition) is 2. The van der Waals surface area contributed by atoms with Crippen molar-refractivity contribution in [2.75, 3.05) is 13.6 Å². The van der Waals surface area contributed by atoms with Crippen molar-refractivity contribution in [3.63, 3.8) is 0 Å². The fourth-order valence-electron chi connectivity index (χ4n) is 2.28. The van der Waals surface area contributed by atoms with Crippen LogP contribution in [0, 0.1) is 5.82 Å². The molecule has 0 aliphatic rings. The van der Waals surface area contributed by atoms with Gasteiger partial charge in [0.25, 0.3) is 0 Å². The van der Waals surface area contributed by atoms with Gasteiger partial charge in [-0.1, -0.05) is 31.2 Å². The molecule has 0 radical (unpaired) electrons. The van der Waals surface area contributed by atoms with Gasteiger partial charge in [-0.25, -0.2) is 17.5 Å². The maximum atomic E-state index is 12.9. The van der Waals surface area contributed by atoms with Gasteiger partial charge in [0.2, 0.25) is 10.0 Å². The standard InChI is InChI=1S/C17H21FN2O2S/c1-13(15-6-8-16(18)9-7-15)11-20-12-14-4-3-5-17(10-14)23(21,22)19-2/h3-10,13,19-20H,11-12H2,1-2H3/t13-/m1/s1. The lowest BCUT2D eigenvalue weighted by atomic mass is 10.0. The van der Waals surface area contributed by atoms with Crippen LogP contribution in [-0.2, 0) is 16.6 Å². The molecule has 2 aromatic rings. The molecule has 2 aromatic carbocycles. The van der Waals surface area contributed by atoms with E-state index >= 15 is 0 Å². The first-order valence-electron chi connectivity index (χ1n) is 7.41. The average molecular weight is 336 g/mol. The minimum absolute atomic E-state index is 0.236. The first-order valence-corrected chi connectivity index (χ1v) is 8.89. The van der Waals surface area contributed by atoms with Crippen molar-refractivity contribution in [1.29, 1.82) is 0 Å². The summed E-state index contributed by atoms with van der Waals surface area (Å²) in [5.74, 6) is -0.00343. The summed E-state index contributed by atoms with van der Waals surface area (Å²) in [5.41, 5.74) is 1.96. The molecule has 4 nitrogen and oxygen atoms in total. The van der Waals surface area contributed by atoms with E-state index in [4.69, 9.17) is 0 Å². The second-order valence-corrected chi connectivity index (χ2v) is 7.32. The van der Waals surface area contributed by atoms with Gasteiger partial charge in [-0.2, -0.15) is 0 Å². The van der Waals surface area contributed by atoms with Crippen LogP contribution in [0.25, 0.3) is 0 Å². The van der Waals surface area contributed by atoms with Crippen molar-refractivity contribution in [2.45, 2.75) is 24.3 Å². The molecule has 2 rings (SSSR count). The second-order valence-electron chi connectivity index (χ2n) is 5.44. The second kappa shape index (κ2) is 7.68. The van der Waals surface area contributed by atoms with Gasteiger partial charge in [-0.3, -0.25) is 0 Å². The summed E-state index contributed by atoms with van der Waals surface area (Å²) in [7, 11) is -2.03. The van der Waals surface area contributed by atoms with Crippen molar-refractivity contribution in [3.8, 4) is 0 Å². The van der Waals surface area contributed by atoms with Gasteiger partial charge in [0.15, 0.2) is 0 Å². The summed E-state index contributed by atoms with van der Waals surface area (Å²) in [6.07, 6.45) is 0. The number of halogens is 1. The van der Waals surface area contributed by atoms with Crippen LogP contribution < -0.4 is 10.0 Å². The highest BCUT2D eigenvalue weighted by Crippen LogP contribution is 2.15. The van der Waals surface area contributed by atoms with Crippen molar-refractivity contribution >= 4 is 10.0 Å². The number of hydrogen-bond acceptors (Lipinski definition) is 3. The molecule has 0 saturated heterocycles. The van der Waals surface area contributed by atoms with Crippen LogP contribution in [0.1, 0.15) is 24.0 Å². The Morgan fingerprint density at radius 2 is 1.83 bits per heavy atom. The Morgan fingerprint density at radius 1 is 1.13 bits per heavy atom. The third-order valence-electron chi connectivity index (χ3n) is 3.70.